The molecule has 1 unspecified atom stereocenters. The third-order valence-corrected chi connectivity index (χ3v) is 6.02. The quantitative estimate of drug-likeness (QED) is 0.326. The first-order chi connectivity index (χ1) is 14.9. The Bertz CT molecular complexity index is 775. The highest BCUT2D eigenvalue weighted by atomic mass is 19.1. The molecule has 0 heterocycles. The number of carbonyl (C=O) groups is 1. The van der Waals surface area contributed by atoms with Crippen LogP contribution in [0.4, 0.5) is 4.39 Å². The second-order valence-corrected chi connectivity index (χ2v) is 8.51. The molecule has 1 atom stereocenters. The molecule has 0 spiro atoms. The summed E-state index contributed by atoms with van der Waals surface area (Å²) in [6.07, 6.45) is 11.2. The molecule has 1 saturated carbocycles. The highest BCUT2D eigenvalue weighted by molar-refractivity contribution is 5.88. The second kappa shape index (κ2) is 12.3. The number of unbranched alkanes of at least 4 members (excludes halogenated alkanes) is 1. The summed E-state index contributed by atoms with van der Waals surface area (Å²) in [7, 11) is 0. The number of rotatable bonds is 13. The van der Waals surface area contributed by atoms with Crippen molar-refractivity contribution in [2.45, 2.75) is 104 Å². The van der Waals surface area contributed by atoms with Crippen LogP contribution >= 0.6 is 0 Å². The molecule has 0 radical (unpaired) electrons. The average Bonchev–Trinajstić information content (AvgIpc) is 2.76. The Morgan fingerprint density at radius 1 is 1.29 bits per heavy atom. The standard InChI is InChI=1S/C27H39FO3/c1-6-10-13-20(5)31-27(25(29)9-4)17-23(18-27)30-19-22-16-12-15-21(14-11-7-2)26(22)24(28)8-3/h8,11-12,14-16,20,23H,6-7,9-10,13,17-19H2,1-5H3/b14-11+,24-8+. The van der Waals surface area contributed by atoms with E-state index in [0.717, 1.165) is 36.8 Å². The first-order valence-electron chi connectivity index (χ1n) is 11.8. The second-order valence-electron chi connectivity index (χ2n) is 8.51. The number of ketones is 1. The molecule has 0 N–H and O–H groups in total. The van der Waals surface area contributed by atoms with Crippen molar-refractivity contribution >= 4 is 17.7 Å². The smallest absolute Gasteiger partial charge is 0.164 e. The van der Waals surface area contributed by atoms with Crippen LogP contribution in [0.3, 0.4) is 0 Å². The molecule has 0 aliphatic heterocycles. The van der Waals surface area contributed by atoms with E-state index < -0.39 is 5.60 Å². The molecule has 1 aromatic carbocycles. The summed E-state index contributed by atoms with van der Waals surface area (Å²) in [5.41, 5.74) is 1.56. The van der Waals surface area contributed by atoms with Crippen LogP contribution in [0, 0.1) is 0 Å². The Kier molecular flexibility index (Phi) is 10.1. The fourth-order valence-corrected chi connectivity index (χ4v) is 4.21. The van der Waals surface area contributed by atoms with Crippen LogP contribution in [0.25, 0.3) is 11.9 Å². The monoisotopic (exact) mass is 430 g/mol. The lowest BCUT2D eigenvalue weighted by Gasteiger charge is -2.47. The molecule has 31 heavy (non-hydrogen) atoms. The number of hydrogen-bond acceptors (Lipinski definition) is 3. The van der Waals surface area contributed by atoms with Crippen LogP contribution < -0.4 is 0 Å². The van der Waals surface area contributed by atoms with Crippen molar-refractivity contribution in [3.8, 4) is 0 Å². The van der Waals surface area contributed by atoms with Gasteiger partial charge in [0.05, 0.1) is 18.8 Å². The van der Waals surface area contributed by atoms with Gasteiger partial charge in [0.1, 0.15) is 11.4 Å². The summed E-state index contributed by atoms with van der Waals surface area (Å²) in [6, 6.07) is 5.77. The maximum absolute atomic E-state index is 14.7. The zero-order chi connectivity index (χ0) is 22.9. The number of benzene rings is 1. The third kappa shape index (κ3) is 6.60. The number of Topliss-reactive ketones (excluding diaryl/α,β-unsaturated/α-hetero) is 1. The van der Waals surface area contributed by atoms with Crippen LogP contribution in [-0.2, 0) is 20.9 Å². The lowest BCUT2D eigenvalue weighted by atomic mass is 9.73. The highest BCUT2D eigenvalue weighted by Gasteiger charge is 2.51. The maximum Gasteiger partial charge on any atom is 0.164 e. The van der Waals surface area contributed by atoms with Gasteiger partial charge in [0.25, 0.3) is 0 Å². The Morgan fingerprint density at radius 3 is 2.65 bits per heavy atom. The number of hydrogen-bond donors (Lipinski definition) is 0. The molecule has 0 amide bonds. The van der Waals surface area contributed by atoms with Crippen molar-refractivity contribution in [3.63, 3.8) is 0 Å². The van der Waals surface area contributed by atoms with Crippen LogP contribution in [0.1, 0.15) is 96.3 Å². The van der Waals surface area contributed by atoms with Crippen LogP contribution in [0.5, 0.6) is 0 Å². The summed E-state index contributed by atoms with van der Waals surface area (Å²) in [6.45, 7) is 10.2. The van der Waals surface area contributed by atoms with Crippen molar-refractivity contribution in [3.05, 3.63) is 47.0 Å². The molecule has 1 aliphatic rings. The zero-order valence-corrected chi connectivity index (χ0v) is 19.9. The van der Waals surface area contributed by atoms with Gasteiger partial charge in [-0.25, -0.2) is 4.39 Å². The minimum Gasteiger partial charge on any atom is -0.373 e. The third-order valence-electron chi connectivity index (χ3n) is 6.02. The predicted molar refractivity (Wildman–Crippen MR) is 126 cm³/mol. The van der Waals surface area contributed by atoms with E-state index in [9.17, 15) is 9.18 Å². The average molecular weight is 431 g/mol. The molecule has 1 fully saturated rings. The van der Waals surface area contributed by atoms with E-state index in [1.54, 1.807) is 6.92 Å². The largest absolute Gasteiger partial charge is 0.373 e. The van der Waals surface area contributed by atoms with Gasteiger partial charge >= 0.3 is 0 Å². The first kappa shape index (κ1) is 25.5. The molecule has 0 saturated heterocycles. The van der Waals surface area contributed by atoms with Gasteiger partial charge in [0, 0.05) is 24.8 Å². The molecule has 4 heteroatoms. The van der Waals surface area contributed by atoms with Crippen molar-refractivity contribution in [2.75, 3.05) is 0 Å². The highest BCUT2D eigenvalue weighted by Crippen LogP contribution is 2.41. The van der Waals surface area contributed by atoms with E-state index in [4.69, 9.17) is 9.47 Å². The fraction of sp³-hybridized carbons (Fsp3) is 0.593. The fourth-order valence-electron chi connectivity index (χ4n) is 4.21. The van der Waals surface area contributed by atoms with Gasteiger partial charge in [-0.15, -0.1) is 0 Å². The zero-order valence-electron chi connectivity index (χ0n) is 19.9. The predicted octanol–water partition coefficient (Wildman–Crippen LogP) is 7.43. The topological polar surface area (TPSA) is 35.5 Å². The van der Waals surface area contributed by atoms with Crippen LogP contribution in [0.2, 0.25) is 0 Å². The molecule has 2 rings (SSSR count). The van der Waals surface area contributed by atoms with Crippen molar-refractivity contribution < 1.29 is 18.7 Å². The number of ether oxygens (including phenoxy) is 2. The van der Waals surface area contributed by atoms with E-state index >= 15 is 0 Å². The van der Waals surface area contributed by atoms with Gasteiger partial charge in [0.2, 0.25) is 0 Å². The van der Waals surface area contributed by atoms with Crippen molar-refractivity contribution in [1.29, 1.82) is 0 Å². The normalized spacial score (nSPS) is 22.5. The van der Waals surface area contributed by atoms with Gasteiger partial charge in [0.15, 0.2) is 5.78 Å². The Hall–Kier alpha value is -1.78. The van der Waals surface area contributed by atoms with E-state index in [2.05, 4.69) is 20.8 Å². The summed E-state index contributed by atoms with van der Waals surface area (Å²) >= 11 is 0. The van der Waals surface area contributed by atoms with Gasteiger partial charge < -0.3 is 9.47 Å². The Morgan fingerprint density at radius 2 is 2.03 bits per heavy atom. The lowest BCUT2D eigenvalue weighted by molar-refractivity contribution is -0.200. The minimum atomic E-state index is -0.713. The van der Waals surface area contributed by atoms with Crippen molar-refractivity contribution in [2.24, 2.45) is 0 Å². The Balaban J connectivity index is 2.07. The molecule has 1 aromatic rings. The van der Waals surface area contributed by atoms with Gasteiger partial charge in [-0.05, 0) is 37.8 Å². The summed E-state index contributed by atoms with van der Waals surface area (Å²) in [5.74, 6) is -0.0878. The van der Waals surface area contributed by atoms with Crippen LogP contribution in [0.15, 0.2) is 30.4 Å². The van der Waals surface area contributed by atoms with Crippen LogP contribution in [-0.4, -0.2) is 23.6 Å². The lowest BCUT2D eigenvalue weighted by Crippen LogP contribution is -2.57. The number of carbonyl (C=O) groups excluding carboxylic acids is 1. The molecular formula is C27H39FO3. The van der Waals surface area contributed by atoms with E-state index in [0.29, 0.717) is 31.4 Å². The number of halogens is 1. The molecule has 3 nitrogen and oxygen atoms in total. The molecule has 0 aromatic heterocycles. The summed E-state index contributed by atoms with van der Waals surface area (Å²) < 4.78 is 27.0. The SMILES string of the molecule is C/C=C(/F)c1c(/C=C/CC)cccc1COC1CC(OC(C)CCCC)(C(=O)CC)C1. The maximum atomic E-state index is 14.7. The van der Waals surface area contributed by atoms with E-state index in [1.165, 1.54) is 6.08 Å². The summed E-state index contributed by atoms with van der Waals surface area (Å²) in [4.78, 5) is 12.6. The summed E-state index contributed by atoms with van der Waals surface area (Å²) in [5, 5.41) is 0. The van der Waals surface area contributed by atoms with Gasteiger partial charge in [-0.2, -0.15) is 0 Å². The Labute approximate surface area is 187 Å². The van der Waals surface area contributed by atoms with E-state index in [-0.39, 0.29) is 23.8 Å². The molecule has 172 valence electrons. The number of allylic oxidation sites excluding steroid dienone is 2. The van der Waals surface area contributed by atoms with E-state index in [1.807, 2.05) is 37.3 Å². The first-order valence-corrected chi connectivity index (χ1v) is 11.8. The van der Waals surface area contributed by atoms with Gasteiger partial charge in [-0.1, -0.05) is 70.0 Å². The van der Waals surface area contributed by atoms with Gasteiger partial charge in [-0.3, -0.25) is 4.79 Å². The molecular weight excluding hydrogens is 391 g/mol. The molecule has 1 aliphatic carbocycles. The minimum absolute atomic E-state index is 0.0507. The molecule has 0 bridgehead atoms. The van der Waals surface area contributed by atoms with Crippen molar-refractivity contribution in [1.82, 2.24) is 0 Å².